The van der Waals surface area contributed by atoms with E-state index in [2.05, 4.69) is 5.32 Å². The summed E-state index contributed by atoms with van der Waals surface area (Å²) in [5.74, 6) is 0.382. The zero-order valence-electron chi connectivity index (χ0n) is 11.7. The number of rotatable bonds is 7. The summed E-state index contributed by atoms with van der Waals surface area (Å²) in [6, 6.07) is 12.3. The molecule has 112 valence electrons. The Morgan fingerprint density at radius 1 is 1.10 bits per heavy atom. The molecule has 0 fully saturated rings. The lowest BCUT2D eigenvalue weighted by Crippen LogP contribution is -2.04. The van der Waals surface area contributed by atoms with Crippen molar-refractivity contribution >= 4 is 17.3 Å². The molecule has 0 aliphatic heterocycles. The molecule has 2 aromatic rings. The average molecular weight is 310 g/mol. The van der Waals surface area contributed by atoms with Gasteiger partial charge in [0, 0.05) is 19.3 Å². The van der Waals surface area contributed by atoms with Crippen LogP contribution in [0.2, 0.25) is 5.02 Å². The highest BCUT2D eigenvalue weighted by atomic mass is 35.5. The topological polar surface area (TPSA) is 30.5 Å². The second-order valence-electron chi connectivity index (χ2n) is 4.47. The van der Waals surface area contributed by atoms with Gasteiger partial charge in [0.2, 0.25) is 0 Å². The van der Waals surface area contributed by atoms with Crippen molar-refractivity contribution in [1.29, 1.82) is 0 Å². The number of halogens is 2. The van der Waals surface area contributed by atoms with Gasteiger partial charge in [-0.2, -0.15) is 0 Å². The summed E-state index contributed by atoms with van der Waals surface area (Å²) in [5.41, 5.74) is 1.77. The Kier molecular flexibility index (Phi) is 5.84. The average Bonchev–Trinajstić information content (AvgIpc) is 2.50. The minimum Gasteiger partial charge on any atom is -0.491 e. The van der Waals surface area contributed by atoms with Gasteiger partial charge in [-0.3, -0.25) is 0 Å². The molecule has 0 aromatic heterocycles. The first-order chi connectivity index (χ1) is 10.2. The van der Waals surface area contributed by atoms with Crippen LogP contribution in [0.1, 0.15) is 5.56 Å². The van der Waals surface area contributed by atoms with Crippen LogP contribution in [0.3, 0.4) is 0 Å². The van der Waals surface area contributed by atoms with Crippen molar-refractivity contribution in [3.8, 4) is 5.75 Å². The first-order valence-electron chi connectivity index (χ1n) is 6.58. The summed E-state index contributed by atoms with van der Waals surface area (Å²) in [6.45, 7) is 1.60. The Labute approximate surface area is 128 Å². The maximum atomic E-state index is 13.3. The van der Waals surface area contributed by atoms with Crippen molar-refractivity contribution in [2.45, 2.75) is 6.54 Å². The van der Waals surface area contributed by atoms with Gasteiger partial charge in [-0.15, -0.1) is 0 Å². The van der Waals surface area contributed by atoms with E-state index in [1.54, 1.807) is 19.2 Å². The standard InChI is InChI=1S/C16H17ClFNO2/c1-20-8-9-21-14-5-3-13(4-6-14)19-11-12-2-7-15(17)16(18)10-12/h2-7,10,19H,8-9,11H2,1H3. The molecule has 0 aliphatic rings. The molecule has 2 aromatic carbocycles. The molecule has 0 spiro atoms. The van der Waals surface area contributed by atoms with Crippen LogP contribution in [-0.2, 0) is 11.3 Å². The van der Waals surface area contributed by atoms with E-state index >= 15 is 0 Å². The second kappa shape index (κ2) is 7.86. The molecule has 0 amide bonds. The molecular weight excluding hydrogens is 293 g/mol. The fourth-order valence-corrected chi connectivity index (χ4v) is 1.88. The molecule has 0 atom stereocenters. The lowest BCUT2D eigenvalue weighted by atomic mass is 10.2. The lowest BCUT2D eigenvalue weighted by molar-refractivity contribution is 0.146. The van der Waals surface area contributed by atoms with Gasteiger partial charge < -0.3 is 14.8 Å². The molecule has 0 unspecified atom stereocenters. The van der Waals surface area contributed by atoms with Crippen LogP contribution in [-0.4, -0.2) is 20.3 Å². The normalized spacial score (nSPS) is 10.4. The Morgan fingerprint density at radius 2 is 1.86 bits per heavy atom. The Hall–Kier alpha value is -1.78. The van der Waals surface area contributed by atoms with Crippen LogP contribution < -0.4 is 10.1 Å². The quantitative estimate of drug-likeness (QED) is 0.781. The van der Waals surface area contributed by atoms with Crippen LogP contribution in [0.15, 0.2) is 42.5 Å². The summed E-state index contributed by atoms with van der Waals surface area (Å²) >= 11 is 5.65. The van der Waals surface area contributed by atoms with Gasteiger partial charge in [0.15, 0.2) is 0 Å². The van der Waals surface area contributed by atoms with Crippen LogP contribution in [0.25, 0.3) is 0 Å². The zero-order valence-corrected chi connectivity index (χ0v) is 12.5. The maximum absolute atomic E-state index is 13.3. The monoisotopic (exact) mass is 309 g/mol. The maximum Gasteiger partial charge on any atom is 0.142 e. The van der Waals surface area contributed by atoms with Crippen LogP contribution in [0.5, 0.6) is 5.75 Å². The fourth-order valence-electron chi connectivity index (χ4n) is 1.77. The predicted molar refractivity (Wildman–Crippen MR) is 82.5 cm³/mol. The van der Waals surface area contributed by atoms with Gasteiger partial charge in [0.05, 0.1) is 11.6 Å². The molecule has 0 radical (unpaired) electrons. The molecule has 0 aliphatic carbocycles. The van der Waals surface area contributed by atoms with E-state index in [0.717, 1.165) is 17.0 Å². The van der Waals surface area contributed by atoms with Crippen molar-refractivity contribution in [3.63, 3.8) is 0 Å². The van der Waals surface area contributed by atoms with Crippen LogP contribution >= 0.6 is 11.6 Å². The molecular formula is C16H17ClFNO2. The van der Waals surface area contributed by atoms with Gasteiger partial charge in [0.25, 0.3) is 0 Å². The number of hydrogen-bond donors (Lipinski definition) is 1. The first-order valence-corrected chi connectivity index (χ1v) is 6.96. The summed E-state index contributed by atoms with van der Waals surface area (Å²) in [4.78, 5) is 0. The molecule has 0 saturated carbocycles. The van der Waals surface area contributed by atoms with Crippen molar-refractivity contribution in [3.05, 3.63) is 58.9 Å². The van der Waals surface area contributed by atoms with E-state index in [1.807, 2.05) is 24.3 Å². The van der Waals surface area contributed by atoms with E-state index in [-0.39, 0.29) is 5.02 Å². The molecule has 0 bridgehead atoms. The summed E-state index contributed by atoms with van der Waals surface area (Å²) in [6.07, 6.45) is 0. The minimum absolute atomic E-state index is 0.135. The molecule has 1 N–H and O–H groups in total. The third kappa shape index (κ3) is 4.92. The summed E-state index contributed by atoms with van der Waals surface area (Å²) in [7, 11) is 1.63. The van der Waals surface area contributed by atoms with E-state index in [0.29, 0.717) is 19.8 Å². The minimum atomic E-state index is -0.405. The highest BCUT2D eigenvalue weighted by molar-refractivity contribution is 6.30. The molecule has 3 nitrogen and oxygen atoms in total. The van der Waals surface area contributed by atoms with Gasteiger partial charge in [-0.05, 0) is 42.0 Å². The zero-order chi connectivity index (χ0) is 15.1. The number of methoxy groups -OCH3 is 1. The number of hydrogen-bond acceptors (Lipinski definition) is 3. The number of nitrogens with one attached hydrogen (secondary N) is 1. The summed E-state index contributed by atoms with van der Waals surface area (Å²) < 4.78 is 23.7. The van der Waals surface area contributed by atoms with Crippen molar-refractivity contribution in [1.82, 2.24) is 0 Å². The molecule has 0 heterocycles. The third-order valence-electron chi connectivity index (χ3n) is 2.89. The van der Waals surface area contributed by atoms with Crippen molar-refractivity contribution in [2.24, 2.45) is 0 Å². The third-order valence-corrected chi connectivity index (χ3v) is 3.20. The molecule has 21 heavy (non-hydrogen) atoms. The van der Waals surface area contributed by atoms with Gasteiger partial charge >= 0.3 is 0 Å². The molecule has 5 heteroatoms. The predicted octanol–water partition coefficient (Wildman–Crippen LogP) is 4.12. The van der Waals surface area contributed by atoms with Gasteiger partial charge in [0.1, 0.15) is 18.2 Å². The van der Waals surface area contributed by atoms with Crippen LogP contribution in [0.4, 0.5) is 10.1 Å². The highest BCUT2D eigenvalue weighted by Gasteiger charge is 2.01. The SMILES string of the molecule is COCCOc1ccc(NCc2ccc(Cl)c(F)c2)cc1. The van der Waals surface area contributed by atoms with Gasteiger partial charge in [-0.1, -0.05) is 17.7 Å². The second-order valence-corrected chi connectivity index (χ2v) is 4.87. The van der Waals surface area contributed by atoms with Crippen molar-refractivity contribution in [2.75, 3.05) is 25.6 Å². The Bertz CT molecular complexity index is 575. The Morgan fingerprint density at radius 3 is 2.52 bits per heavy atom. The first kappa shape index (κ1) is 15.6. The number of benzene rings is 2. The smallest absolute Gasteiger partial charge is 0.142 e. The fraction of sp³-hybridized carbons (Fsp3) is 0.250. The van der Waals surface area contributed by atoms with E-state index < -0.39 is 5.82 Å². The summed E-state index contributed by atoms with van der Waals surface area (Å²) in [5, 5.41) is 3.35. The largest absolute Gasteiger partial charge is 0.491 e. The molecule has 0 saturated heterocycles. The van der Waals surface area contributed by atoms with E-state index in [4.69, 9.17) is 21.1 Å². The molecule has 2 rings (SSSR count). The highest BCUT2D eigenvalue weighted by Crippen LogP contribution is 2.18. The number of ether oxygens (including phenoxy) is 2. The van der Waals surface area contributed by atoms with E-state index in [1.165, 1.54) is 6.07 Å². The van der Waals surface area contributed by atoms with Crippen LogP contribution in [0, 0.1) is 5.82 Å². The van der Waals surface area contributed by atoms with Crippen molar-refractivity contribution < 1.29 is 13.9 Å². The Balaban J connectivity index is 1.86. The van der Waals surface area contributed by atoms with Gasteiger partial charge in [-0.25, -0.2) is 4.39 Å². The van der Waals surface area contributed by atoms with E-state index in [9.17, 15) is 4.39 Å². The number of anilines is 1. The lowest BCUT2D eigenvalue weighted by Gasteiger charge is -2.09.